The molecule has 0 spiro atoms. The number of rotatable bonds is 5. The molecule has 0 fully saturated rings. The summed E-state index contributed by atoms with van der Waals surface area (Å²) in [4.78, 5) is 8.88. The highest BCUT2D eigenvalue weighted by Crippen LogP contribution is 2.42. The molecule has 5 aromatic rings. The lowest BCUT2D eigenvalue weighted by molar-refractivity contribution is 0.592. The van der Waals surface area contributed by atoms with Gasteiger partial charge in [0.2, 0.25) is 0 Å². The van der Waals surface area contributed by atoms with Gasteiger partial charge in [0.15, 0.2) is 7.14 Å². The van der Waals surface area contributed by atoms with Crippen LogP contribution in [0.5, 0.6) is 0 Å². The molecule has 5 rings (SSSR count). The molecule has 3 nitrogen and oxygen atoms in total. The van der Waals surface area contributed by atoms with Gasteiger partial charge in [0.1, 0.15) is 6.33 Å². The summed E-state index contributed by atoms with van der Waals surface area (Å²) < 4.78 is 14.5. The number of aromatic nitrogens is 2. The molecule has 0 atom stereocenters. The fraction of sp³-hybridized carbons (Fsp3) is 0. The van der Waals surface area contributed by atoms with E-state index in [9.17, 15) is 4.57 Å². The SMILES string of the molecule is O=P(c1ccccc1)(c1ccccc1)c1ccc(-c2cc(-c3ccccc3)ncn2)cc1. The van der Waals surface area contributed by atoms with E-state index in [1.165, 1.54) is 0 Å². The standard InChI is InChI=1S/C28H21N2OP/c31-32(24-12-6-2-7-13-24,25-14-8-3-9-15-25)26-18-16-23(17-19-26)28-20-27(29-21-30-28)22-10-4-1-5-11-22/h1-21H. The normalized spacial score (nSPS) is 11.2. The van der Waals surface area contributed by atoms with E-state index >= 15 is 0 Å². The highest BCUT2D eigenvalue weighted by atomic mass is 31.2. The van der Waals surface area contributed by atoms with Gasteiger partial charge in [0, 0.05) is 27.0 Å². The average molecular weight is 432 g/mol. The molecule has 0 radical (unpaired) electrons. The molecule has 4 aromatic carbocycles. The summed E-state index contributed by atoms with van der Waals surface area (Å²) in [5.74, 6) is 0. The zero-order valence-electron chi connectivity index (χ0n) is 17.4. The first-order chi connectivity index (χ1) is 15.7. The van der Waals surface area contributed by atoms with Gasteiger partial charge in [-0.25, -0.2) is 9.97 Å². The van der Waals surface area contributed by atoms with Gasteiger partial charge in [0.25, 0.3) is 0 Å². The lowest BCUT2D eigenvalue weighted by Gasteiger charge is -2.20. The van der Waals surface area contributed by atoms with Crippen LogP contribution in [0.2, 0.25) is 0 Å². The van der Waals surface area contributed by atoms with Crippen LogP contribution in [-0.4, -0.2) is 9.97 Å². The maximum atomic E-state index is 14.5. The maximum absolute atomic E-state index is 14.5. The Balaban J connectivity index is 1.56. The highest BCUT2D eigenvalue weighted by Gasteiger charge is 2.29. The van der Waals surface area contributed by atoms with Gasteiger partial charge < -0.3 is 4.57 Å². The minimum Gasteiger partial charge on any atom is -0.309 e. The zero-order valence-corrected chi connectivity index (χ0v) is 18.3. The first-order valence-electron chi connectivity index (χ1n) is 10.4. The van der Waals surface area contributed by atoms with Crippen molar-refractivity contribution in [2.75, 3.05) is 0 Å². The molecule has 1 aromatic heterocycles. The molecule has 0 amide bonds. The predicted octanol–water partition coefficient (Wildman–Crippen LogP) is 5.45. The van der Waals surface area contributed by atoms with E-state index in [0.29, 0.717) is 0 Å². The van der Waals surface area contributed by atoms with Gasteiger partial charge in [-0.2, -0.15) is 0 Å². The number of benzene rings is 4. The molecular formula is C28H21N2OP. The zero-order chi connectivity index (χ0) is 21.8. The molecule has 4 heteroatoms. The Hall–Kier alpha value is -3.81. The minimum absolute atomic E-state index is 0.802. The van der Waals surface area contributed by atoms with Gasteiger partial charge in [-0.15, -0.1) is 0 Å². The monoisotopic (exact) mass is 432 g/mol. The van der Waals surface area contributed by atoms with Crippen molar-refractivity contribution >= 4 is 23.1 Å². The van der Waals surface area contributed by atoms with Crippen LogP contribution >= 0.6 is 7.14 Å². The second kappa shape index (κ2) is 8.74. The van der Waals surface area contributed by atoms with Crippen LogP contribution in [-0.2, 0) is 4.57 Å². The van der Waals surface area contributed by atoms with Gasteiger partial charge in [-0.05, 0) is 6.07 Å². The summed E-state index contributed by atoms with van der Waals surface area (Å²) in [5.41, 5.74) is 3.71. The number of hydrogen-bond acceptors (Lipinski definition) is 3. The van der Waals surface area contributed by atoms with E-state index in [0.717, 1.165) is 38.4 Å². The Morgan fingerprint density at radius 3 is 1.38 bits per heavy atom. The summed E-state index contributed by atoms with van der Waals surface area (Å²) >= 11 is 0. The molecule has 0 aliphatic carbocycles. The van der Waals surface area contributed by atoms with Crippen molar-refractivity contribution in [1.29, 1.82) is 0 Å². The van der Waals surface area contributed by atoms with E-state index in [1.54, 1.807) is 6.33 Å². The molecule has 0 saturated heterocycles. The van der Waals surface area contributed by atoms with Crippen molar-refractivity contribution in [3.8, 4) is 22.5 Å². The lowest BCUT2D eigenvalue weighted by Crippen LogP contribution is -2.24. The Morgan fingerprint density at radius 2 is 0.875 bits per heavy atom. The predicted molar refractivity (Wildman–Crippen MR) is 132 cm³/mol. The van der Waals surface area contributed by atoms with E-state index in [-0.39, 0.29) is 0 Å². The molecule has 0 N–H and O–H groups in total. The molecule has 0 saturated carbocycles. The van der Waals surface area contributed by atoms with Crippen molar-refractivity contribution in [2.24, 2.45) is 0 Å². The molecule has 0 unspecified atom stereocenters. The van der Waals surface area contributed by atoms with Gasteiger partial charge >= 0.3 is 0 Å². The smallest absolute Gasteiger partial charge is 0.171 e. The van der Waals surface area contributed by atoms with Gasteiger partial charge in [-0.3, -0.25) is 0 Å². The van der Waals surface area contributed by atoms with Crippen molar-refractivity contribution in [3.05, 3.63) is 128 Å². The molecule has 0 aliphatic rings. The van der Waals surface area contributed by atoms with Gasteiger partial charge in [-0.1, -0.05) is 115 Å². The third kappa shape index (κ3) is 3.79. The molecule has 32 heavy (non-hydrogen) atoms. The first kappa shape index (κ1) is 20.1. The third-order valence-electron chi connectivity index (χ3n) is 5.50. The fourth-order valence-corrected chi connectivity index (χ4v) is 6.49. The summed E-state index contributed by atoms with van der Waals surface area (Å²) in [6.45, 7) is 0. The van der Waals surface area contributed by atoms with E-state index in [4.69, 9.17) is 0 Å². The van der Waals surface area contributed by atoms with E-state index < -0.39 is 7.14 Å². The first-order valence-corrected chi connectivity index (χ1v) is 12.2. The fourth-order valence-electron chi connectivity index (χ4n) is 3.85. The molecule has 0 bridgehead atoms. The van der Waals surface area contributed by atoms with Crippen LogP contribution < -0.4 is 15.9 Å². The summed E-state index contributed by atoms with van der Waals surface area (Å²) in [6.07, 6.45) is 1.59. The Labute approximate surface area is 187 Å². The summed E-state index contributed by atoms with van der Waals surface area (Å²) in [7, 11) is -2.98. The average Bonchev–Trinajstić information content (AvgIpc) is 2.90. The maximum Gasteiger partial charge on any atom is 0.171 e. The van der Waals surface area contributed by atoms with Crippen molar-refractivity contribution in [1.82, 2.24) is 9.97 Å². The molecule has 1 heterocycles. The van der Waals surface area contributed by atoms with Crippen molar-refractivity contribution < 1.29 is 4.57 Å². The van der Waals surface area contributed by atoms with Crippen LogP contribution in [0, 0.1) is 0 Å². The molecule has 0 aliphatic heterocycles. The minimum atomic E-state index is -2.98. The van der Waals surface area contributed by atoms with Crippen LogP contribution in [0.3, 0.4) is 0 Å². The summed E-state index contributed by atoms with van der Waals surface area (Å²) in [6, 6.07) is 39.3. The lowest BCUT2D eigenvalue weighted by atomic mass is 10.1. The topological polar surface area (TPSA) is 42.9 Å². The van der Waals surface area contributed by atoms with Crippen LogP contribution in [0.4, 0.5) is 0 Å². The molecule has 154 valence electrons. The Morgan fingerprint density at radius 1 is 0.469 bits per heavy atom. The Bertz CT molecular complexity index is 1330. The summed E-state index contributed by atoms with van der Waals surface area (Å²) in [5, 5.41) is 2.45. The van der Waals surface area contributed by atoms with Gasteiger partial charge in [0.05, 0.1) is 11.4 Å². The van der Waals surface area contributed by atoms with Crippen LogP contribution in [0.25, 0.3) is 22.5 Å². The van der Waals surface area contributed by atoms with Crippen molar-refractivity contribution in [3.63, 3.8) is 0 Å². The third-order valence-corrected chi connectivity index (χ3v) is 8.58. The highest BCUT2D eigenvalue weighted by molar-refractivity contribution is 7.85. The van der Waals surface area contributed by atoms with Crippen LogP contribution in [0.1, 0.15) is 0 Å². The van der Waals surface area contributed by atoms with E-state index in [1.807, 2.05) is 121 Å². The van der Waals surface area contributed by atoms with Crippen LogP contribution in [0.15, 0.2) is 128 Å². The number of hydrogen-bond donors (Lipinski definition) is 0. The molecular weight excluding hydrogens is 411 g/mol. The number of nitrogens with zero attached hydrogens (tertiary/aromatic N) is 2. The Kier molecular flexibility index (Phi) is 5.49. The second-order valence-electron chi connectivity index (χ2n) is 7.48. The van der Waals surface area contributed by atoms with Crippen molar-refractivity contribution in [2.45, 2.75) is 0 Å². The second-order valence-corrected chi connectivity index (χ2v) is 10.2. The van der Waals surface area contributed by atoms with E-state index in [2.05, 4.69) is 9.97 Å². The largest absolute Gasteiger partial charge is 0.309 e. The quantitative estimate of drug-likeness (QED) is 0.347.